The van der Waals surface area contributed by atoms with Crippen molar-refractivity contribution in [2.24, 2.45) is 39.9 Å². The molecule has 2 unspecified atom stereocenters. The van der Waals surface area contributed by atoms with Crippen LogP contribution < -0.4 is 0 Å². The summed E-state index contributed by atoms with van der Waals surface area (Å²) in [5, 5.41) is 0. The van der Waals surface area contributed by atoms with Crippen molar-refractivity contribution < 1.29 is 0 Å². The lowest BCUT2D eigenvalue weighted by Crippen LogP contribution is -2.53. The molecule has 3 aliphatic heterocycles. The molecule has 5 aliphatic rings. The first kappa shape index (κ1) is 46.5. The van der Waals surface area contributed by atoms with Gasteiger partial charge in [-0.05, 0) is 182 Å². The molecule has 3 heteroatoms. The zero-order valence-corrected chi connectivity index (χ0v) is 39.6. The molecule has 4 fully saturated rings. The molecule has 3 nitrogen and oxygen atoms in total. The van der Waals surface area contributed by atoms with Gasteiger partial charge in [-0.15, -0.1) is 0 Å². The van der Waals surface area contributed by atoms with Crippen LogP contribution in [0.3, 0.4) is 0 Å². The summed E-state index contributed by atoms with van der Waals surface area (Å²) in [4.78, 5) is 7.96. The Morgan fingerprint density at radius 2 is 1.02 bits per heavy atom. The third kappa shape index (κ3) is 12.3. The van der Waals surface area contributed by atoms with Crippen LogP contribution >= 0.6 is 0 Å². The van der Waals surface area contributed by atoms with E-state index in [1.54, 1.807) is 5.56 Å². The standard InChI is InChI=1S/C17H27N.C16H31N.C15H29N.C2H6/c1-16(2,3)15-8-7-14-12-18(17(4,5)6)10-9-13(14)11-15;1-14(2,3)13-11-16(12-13)7-9-17(10-8-16)15(4,5)6;1-14(2,3)13-11-7-8-12(13)10-16(9-11)15(4,5)6;1-2/h7-8,11H,9-10,12H2,1-6H3;13H,7-12H2,1-6H3;11-13H,7-10H2,1-6H3;1-2H3. The summed E-state index contributed by atoms with van der Waals surface area (Å²) in [6, 6.07) is 7.08. The quantitative estimate of drug-likeness (QED) is 0.263. The van der Waals surface area contributed by atoms with Gasteiger partial charge in [0.25, 0.3) is 0 Å². The van der Waals surface area contributed by atoms with E-state index in [9.17, 15) is 0 Å². The topological polar surface area (TPSA) is 9.72 Å². The number of rotatable bonds is 0. The molecule has 2 saturated heterocycles. The maximum atomic E-state index is 2.72. The highest BCUT2D eigenvalue weighted by Gasteiger charge is 2.50. The van der Waals surface area contributed by atoms with E-state index in [4.69, 9.17) is 0 Å². The van der Waals surface area contributed by atoms with Crippen LogP contribution in [0.1, 0.15) is 194 Å². The van der Waals surface area contributed by atoms with Gasteiger partial charge in [0.1, 0.15) is 0 Å². The number of fused-ring (bicyclic) bond motifs is 3. The van der Waals surface area contributed by atoms with E-state index in [2.05, 4.69) is 158 Å². The fraction of sp³-hybridized carbons (Fsp3) is 0.880. The van der Waals surface area contributed by atoms with Crippen LogP contribution in [0.25, 0.3) is 0 Å². The fourth-order valence-corrected chi connectivity index (χ4v) is 10.4. The van der Waals surface area contributed by atoms with Crippen LogP contribution in [-0.2, 0) is 18.4 Å². The van der Waals surface area contributed by atoms with E-state index in [0.29, 0.717) is 21.9 Å². The van der Waals surface area contributed by atoms with Crippen LogP contribution in [0.4, 0.5) is 0 Å². The fourth-order valence-electron chi connectivity index (χ4n) is 10.4. The first-order valence-corrected chi connectivity index (χ1v) is 22.4. The molecule has 3 heterocycles. The Morgan fingerprint density at radius 1 is 0.547 bits per heavy atom. The number of benzene rings is 1. The molecule has 2 bridgehead atoms. The van der Waals surface area contributed by atoms with Crippen molar-refractivity contribution in [3.63, 3.8) is 0 Å². The predicted molar refractivity (Wildman–Crippen MR) is 236 cm³/mol. The molecule has 2 atom stereocenters. The third-order valence-electron chi connectivity index (χ3n) is 14.2. The molecule has 0 aromatic heterocycles. The molecular formula is C50H93N3. The van der Waals surface area contributed by atoms with Crippen molar-refractivity contribution in [3.05, 3.63) is 34.9 Å². The highest BCUT2D eigenvalue weighted by atomic mass is 15.2. The van der Waals surface area contributed by atoms with Crippen LogP contribution in [0.15, 0.2) is 18.2 Å². The predicted octanol–water partition coefficient (Wildman–Crippen LogP) is 13.3. The highest BCUT2D eigenvalue weighted by molar-refractivity contribution is 5.37. The van der Waals surface area contributed by atoms with Gasteiger partial charge in [0.2, 0.25) is 0 Å². The lowest BCUT2D eigenvalue weighted by molar-refractivity contribution is -0.0701. The van der Waals surface area contributed by atoms with E-state index in [-0.39, 0.29) is 11.0 Å². The molecule has 6 rings (SSSR count). The second-order valence-electron chi connectivity index (χ2n) is 24.3. The number of hydrogen-bond donors (Lipinski definition) is 0. The second kappa shape index (κ2) is 16.9. The summed E-state index contributed by atoms with van der Waals surface area (Å²) in [5.74, 6) is 3.85. The summed E-state index contributed by atoms with van der Waals surface area (Å²) in [5.41, 5.74) is 7.59. The molecule has 1 aromatic rings. The van der Waals surface area contributed by atoms with Crippen molar-refractivity contribution in [2.45, 2.75) is 212 Å². The number of nitrogens with zero attached hydrogens (tertiary/aromatic N) is 3. The minimum Gasteiger partial charge on any atom is -0.298 e. The van der Waals surface area contributed by atoms with Crippen molar-refractivity contribution in [1.82, 2.24) is 14.7 Å². The highest BCUT2D eigenvalue weighted by Crippen LogP contribution is 2.58. The molecular weight excluding hydrogens is 643 g/mol. The summed E-state index contributed by atoms with van der Waals surface area (Å²) in [6.45, 7) is 54.1. The average molecular weight is 736 g/mol. The van der Waals surface area contributed by atoms with Crippen LogP contribution in [-0.4, -0.2) is 64.0 Å². The lowest BCUT2D eigenvalue weighted by Gasteiger charge is -2.57. The summed E-state index contributed by atoms with van der Waals surface area (Å²) >= 11 is 0. The maximum Gasteiger partial charge on any atom is 0.0241 e. The minimum atomic E-state index is 0.260. The Balaban J connectivity index is 0.000000209. The first-order chi connectivity index (χ1) is 24.0. The Morgan fingerprint density at radius 3 is 1.42 bits per heavy atom. The molecule has 0 radical (unpaired) electrons. The van der Waals surface area contributed by atoms with Gasteiger partial charge in [-0.25, -0.2) is 0 Å². The van der Waals surface area contributed by atoms with Crippen LogP contribution in [0.5, 0.6) is 0 Å². The number of piperidine rings is 2. The SMILES string of the molecule is CC.CC(C)(C)C1C2CCC1CN(C(C)(C)C)C2.CC(C)(C)C1CC2(CCN(C(C)(C)C)CC2)C1.CC(C)(C)c1ccc2c(c1)CCN(C(C)(C)C)C2. The van der Waals surface area contributed by atoms with Crippen molar-refractivity contribution in [1.29, 1.82) is 0 Å². The van der Waals surface area contributed by atoms with E-state index in [1.165, 1.54) is 88.8 Å². The zero-order valence-electron chi connectivity index (χ0n) is 39.6. The van der Waals surface area contributed by atoms with Gasteiger partial charge >= 0.3 is 0 Å². The average Bonchev–Trinajstić information content (AvgIpc) is 3.29. The van der Waals surface area contributed by atoms with Crippen LogP contribution in [0, 0.1) is 39.9 Å². The Kier molecular flexibility index (Phi) is 14.8. The van der Waals surface area contributed by atoms with E-state index < -0.39 is 0 Å². The largest absolute Gasteiger partial charge is 0.298 e. The number of hydrogen-bond acceptors (Lipinski definition) is 3. The Hall–Kier alpha value is -0.900. The van der Waals surface area contributed by atoms with Gasteiger partial charge in [-0.3, -0.25) is 14.7 Å². The van der Waals surface area contributed by atoms with Gasteiger partial charge < -0.3 is 0 Å². The van der Waals surface area contributed by atoms with Crippen molar-refractivity contribution >= 4 is 0 Å². The summed E-state index contributed by atoms with van der Waals surface area (Å²) in [7, 11) is 0. The molecule has 0 N–H and O–H groups in total. The van der Waals surface area contributed by atoms with Gasteiger partial charge in [-0.1, -0.05) is 94.4 Å². The van der Waals surface area contributed by atoms with Crippen molar-refractivity contribution in [3.8, 4) is 0 Å². The van der Waals surface area contributed by atoms with Gasteiger partial charge in [0.15, 0.2) is 0 Å². The third-order valence-corrected chi connectivity index (χ3v) is 14.2. The second-order valence-corrected chi connectivity index (χ2v) is 24.3. The van der Waals surface area contributed by atoms with Gasteiger partial charge in [0, 0.05) is 42.8 Å². The molecule has 2 saturated carbocycles. The molecule has 53 heavy (non-hydrogen) atoms. The van der Waals surface area contributed by atoms with Crippen LogP contribution in [0.2, 0.25) is 0 Å². The zero-order chi connectivity index (χ0) is 40.6. The first-order valence-electron chi connectivity index (χ1n) is 22.4. The Bertz CT molecular complexity index is 1250. The van der Waals surface area contributed by atoms with E-state index >= 15 is 0 Å². The van der Waals surface area contributed by atoms with Gasteiger partial charge in [0.05, 0.1) is 0 Å². The Labute approximate surface area is 333 Å². The summed E-state index contributed by atoms with van der Waals surface area (Å²) in [6.07, 6.45) is 10.0. The molecule has 308 valence electrons. The molecule has 2 aliphatic carbocycles. The lowest BCUT2D eigenvalue weighted by atomic mass is 9.51. The summed E-state index contributed by atoms with van der Waals surface area (Å²) < 4.78 is 0. The normalized spacial score (nSPS) is 25.9. The number of likely N-dealkylation sites (tertiary alicyclic amines) is 2. The smallest absolute Gasteiger partial charge is 0.0241 e. The van der Waals surface area contributed by atoms with Gasteiger partial charge in [-0.2, -0.15) is 0 Å². The van der Waals surface area contributed by atoms with Crippen molar-refractivity contribution in [2.75, 3.05) is 32.7 Å². The van der Waals surface area contributed by atoms with E-state index in [1.807, 2.05) is 13.8 Å². The molecule has 1 spiro atoms. The molecule has 1 aromatic carbocycles. The van der Waals surface area contributed by atoms with E-state index in [0.717, 1.165) is 35.6 Å². The monoisotopic (exact) mass is 736 g/mol. The molecule has 0 amide bonds. The minimum absolute atomic E-state index is 0.260. The maximum absolute atomic E-state index is 2.72.